The molecule has 0 aromatic carbocycles. The first-order valence-corrected chi connectivity index (χ1v) is 6.52. The van der Waals surface area contributed by atoms with Crippen molar-refractivity contribution in [2.75, 3.05) is 18.5 Å². The SMILES string of the molecule is CCCCCN(C)c1ccc(Cl)c(CCl)n1. The summed E-state index contributed by atoms with van der Waals surface area (Å²) in [5.41, 5.74) is 0.753. The molecule has 0 N–H and O–H groups in total. The lowest BCUT2D eigenvalue weighted by molar-refractivity contribution is 0.701. The van der Waals surface area contributed by atoms with Crippen molar-refractivity contribution >= 4 is 29.0 Å². The molecule has 0 bridgehead atoms. The second kappa shape index (κ2) is 6.97. The van der Waals surface area contributed by atoms with Gasteiger partial charge in [-0.05, 0) is 18.6 Å². The second-order valence-corrected chi connectivity index (χ2v) is 4.53. The van der Waals surface area contributed by atoms with Gasteiger partial charge in [0.05, 0.1) is 16.6 Å². The molecule has 4 heteroatoms. The predicted molar refractivity (Wildman–Crippen MR) is 71.6 cm³/mol. The van der Waals surface area contributed by atoms with E-state index in [1.807, 2.05) is 19.2 Å². The third-order valence-electron chi connectivity index (χ3n) is 2.52. The standard InChI is InChI=1S/C12H18Cl2N2/c1-3-4-5-8-16(2)12-7-6-10(14)11(9-13)15-12/h6-7H,3-5,8-9H2,1-2H3. The third-order valence-corrected chi connectivity index (χ3v) is 3.12. The van der Waals surface area contributed by atoms with E-state index in [0.29, 0.717) is 10.9 Å². The molecule has 0 spiro atoms. The Morgan fingerprint density at radius 2 is 2.06 bits per heavy atom. The maximum Gasteiger partial charge on any atom is 0.128 e. The van der Waals surface area contributed by atoms with Crippen molar-refractivity contribution in [1.82, 2.24) is 4.98 Å². The third kappa shape index (κ3) is 3.84. The Balaban J connectivity index is 2.64. The van der Waals surface area contributed by atoms with E-state index in [0.717, 1.165) is 18.1 Å². The first-order valence-electron chi connectivity index (χ1n) is 5.61. The fourth-order valence-electron chi connectivity index (χ4n) is 1.49. The van der Waals surface area contributed by atoms with Gasteiger partial charge >= 0.3 is 0 Å². The molecule has 0 saturated carbocycles. The molecule has 0 saturated heterocycles. The van der Waals surface area contributed by atoms with Gasteiger partial charge in [-0.15, -0.1) is 11.6 Å². The molecule has 0 aliphatic rings. The molecular weight excluding hydrogens is 243 g/mol. The van der Waals surface area contributed by atoms with Crippen LogP contribution in [0.15, 0.2) is 12.1 Å². The van der Waals surface area contributed by atoms with Gasteiger partial charge in [0.2, 0.25) is 0 Å². The average Bonchev–Trinajstić information content (AvgIpc) is 2.30. The zero-order valence-corrected chi connectivity index (χ0v) is 11.4. The van der Waals surface area contributed by atoms with Crippen LogP contribution in [0.25, 0.3) is 0 Å². The normalized spacial score (nSPS) is 10.5. The fourth-order valence-corrected chi connectivity index (χ4v) is 1.94. The summed E-state index contributed by atoms with van der Waals surface area (Å²) < 4.78 is 0. The minimum atomic E-state index is 0.357. The number of aromatic nitrogens is 1. The predicted octanol–water partition coefficient (Wildman–Crippen LogP) is 4.10. The lowest BCUT2D eigenvalue weighted by Crippen LogP contribution is -2.20. The maximum atomic E-state index is 5.96. The summed E-state index contributed by atoms with van der Waals surface area (Å²) in [4.78, 5) is 6.57. The molecule has 16 heavy (non-hydrogen) atoms. The van der Waals surface area contributed by atoms with E-state index < -0.39 is 0 Å². The summed E-state index contributed by atoms with van der Waals surface area (Å²) in [7, 11) is 2.05. The molecule has 0 aliphatic carbocycles. The van der Waals surface area contributed by atoms with E-state index in [4.69, 9.17) is 23.2 Å². The molecule has 2 nitrogen and oxygen atoms in total. The van der Waals surface area contributed by atoms with Crippen molar-refractivity contribution in [2.24, 2.45) is 0 Å². The zero-order chi connectivity index (χ0) is 12.0. The lowest BCUT2D eigenvalue weighted by atomic mass is 10.2. The number of rotatable bonds is 6. The van der Waals surface area contributed by atoms with E-state index in [2.05, 4.69) is 16.8 Å². The Labute approximate surface area is 108 Å². The maximum absolute atomic E-state index is 5.96. The van der Waals surface area contributed by atoms with Crippen LogP contribution >= 0.6 is 23.2 Å². The second-order valence-electron chi connectivity index (χ2n) is 3.86. The van der Waals surface area contributed by atoms with Crippen molar-refractivity contribution in [3.63, 3.8) is 0 Å². The highest BCUT2D eigenvalue weighted by atomic mass is 35.5. The number of anilines is 1. The average molecular weight is 261 g/mol. The van der Waals surface area contributed by atoms with E-state index in [9.17, 15) is 0 Å². The Kier molecular flexibility index (Phi) is 5.93. The van der Waals surface area contributed by atoms with Crippen LogP contribution in [0, 0.1) is 0 Å². The Morgan fingerprint density at radius 1 is 1.31 bits per heavy atom. The number of nitrogens with zero attached hydrogens (tertiary/aromatic N) is 2. The summed E-state index contributed by atoms with van der Waals surface area (Å²) in [6.07, 6.45) is 3.67. The minimum Gasteiger partial charge on any atom is -0.360 e. The molecule has 0 radical (unpaired) electrons. The molecule has 1 rings (SSSR count). The molecule has 0 aliphatic heterocycles. The number of pyridine rings is 1. The number of halogens is 2. The van der Waals surface area contributed by atoms with Crippen LogP contribution in [0.1, 0.15) is 31.9 Å². The van der Waals surface area contributed by atoms with Crippen LogP contribution in [0.3, 0.4) is 0 Å². The highest BCUT2D eigenvalue weighted by Gasteiger charge is 2.06. The van der Waals surface area contributed by atoms with Crippen LogP contribution < -0.4 is 4.90 Å². The quantitative estimate of drug-likeness (QED) is 0.566. The molecular formula is C12H18Cl2N2. The largest absolute Gasteiger partial charge is 0.360 e. The Hall–Kier alpha value is -0.470. The number of hydrogen-bond acceptors (Lipinski definition) is 2. The Bertz CT molecular complexity index is 329. The molecule has 0 amide bonds. The molecule has 0 atom stereocenters. The molecule has 0 fully saturated rings. The van der Waals surface area contributed by atoms with E-state index >= 15 is 0 Å². The first kappa shape index (κ1) is 13.6. The van der Waals surface area contributed by atoms with Crippen LogP contribution in [-0.4, -0.2) is 18.6 Å². The Morgan fingerprint density at radius 3 is 2.69 bits per heavy atom. The van der Waals surface area contributed by atoms with Gasteiger partial charge in [-0.3, -0.25) is 0 Å². The topological polar surface area (TPSA) is 16.1 Å². The summed E-state index contributed by atoms with van der Waals surface area (Å²) in [6.45, 7) is 3.22. The monoisotopic (exact) mass is 260 g/mol. The zero-order valence-electron chi connectivity index (χ0n) is 9.84. The van der Waals surface area contributed by atoms with Crippen LogP contribution in [0.5, 0.6) is 0 Å². The van der Waals surface area contributed by atoms with Gasteiger partial charge in [0, 0.05) is 13.6 Å². The first-order chi connectivity index (χ1) is 7.69. The summed E-state index contributed by atoms with van der Waals surface area (Å²) in [5.74, 6) is 1.30. The number of alkyl halides is 1. The van der Waals surface area contributed by atoms with Crippen molar-refractivity contribution in [3.05, 3.63) is 22.8 Å². The van der Waals surface area contributed by atoms with Crippen molar-refractivity contribution in [2.45, 2.75) is 32.1 Å². The summed E-state index contributed by atoms with van der Waals surface area (Å²) >= 11 is 11.7. The van der Waals surface area contributed by atoms with Crippen molar-refractivity contribution < 1.29 is 0 Å². The van der Waals surface area contributed by atoms with Gasteiger partial charge in [-0.1, -0.05) is 31.4 Å². The molecule has 1 aromatic heterocycles. The highest BCUT2D eigenvalue weighted by Crippen LogP contribution is 2.20. The fraction of sp³-hybridized carbons (Fsp3) is 0.583. The van der Waals surface area contributed by atoms with Crippen molar-refractivity contribution in [3.8, 4) is 0 Å². The van der Waals surface area contributed by atoms with Crippen LogP contribution in [0.4, 0.5) is 5.82 Å². The number of unbranched alkanes of at least 4 members (excludes halogenated alkanes) is 2. The molecule has 1 aromatic rings. The minimum absolute atomic E-state index is 0.357. The molecule has 0 unspecified atom stereocenters. The van der Waals surface area contributed by atoms with Crippen molar-refractivity contribution in [1.29, 1.82) is 0 Å². The van der Waals surface area contributed by atoms with Crippen LogP contribution in [0.2, 0.25) is 5.02 Å². The van der Waals surface area contributed by atoms with E-state index in [1.54, 1.807) is 0 Å². The van der Waals surface area contributed by atoms with Gasteiger partial charge in [0.25, 0.3) is 0 Å². The van der Waals surface area contributed by atoms with E-state index in [1.165, 1.54) is 19.3 Å². The van der Waals surface area contributed by atoms with Crippen LogP contribution in [-0.2, 0) is 5.88 Å². The van der Waals surface area contributed by atoms with Gasteiger partial charge < -0.3 is 4.90 Å². The molecule has 90 valence electrons. The summed E-state index contributed by atoms with van der Waals surface area (Å²) in [5, 5.41) is 0.640. The number of hydrogen-bond donors (Lipinski definition) is 0. The molecule has 1 heterocycles. The van der Waals surface area contributed by atoms with Gasteiger partial charge in [-0.2, -0.15) is 0 Å². The van der Waals surface area contributed by atoms with Gasteiger partial charge in [-0.25, -0.2) is 4.98 Å². The lowest BCUT2D eigenvalue weighted by Gasteiger charge is -2.18. The smallest absolute Gasteiger partial charge is 0.128 e. The van der Waals surface area contributed by atoms with Gasteiger partial charge in [0.15, 0.2) is 0 Å². The highest BCUT2D eigenvalue weighted by molar-refractivity contribution is 6.32. The van der Waals surface area contributed by atoms with Gasteiger partial charge in [0.1, 0.15) is 5.82 Å². The van der Waals surface area contributed by atoms with E-state index in [-0.39, 0.29) is 0 Å². The summed E-state index contributed by atoms with van der Waals surface area (Å²) in [6, 6.07) is 3.79.